The quantitative estimate of drug-likeness (QED) is 0.565. The van der Waals surface area contributed by atoms with Gasteiger partial charge < -0.3 is 9.80 Å². The van der Waals surface area contributed by atoms with E-state index in [2.05, 4.69) is 30.5 Å². The maximum absolute atomic E-state index is 12.7. The fraction of sp³-hybridized carbons (Fsp3) is 0.429. The number of nitrogens with one attached hydrogen (secondary N) is 1. The number of carbonyl (C=O) groups excluding carboxylic acids is 1. The minimum absolute atomic E-state index is 0.0166. The van der Waals surface area contributed by atoms with Crippen LogP contribution in [0.15, 0.2) is 47.1 Å². The Morgan fingerprint density at radius 2 is 1.83 bits per heavy atom. The molecule has 2 aromatic rings. The molecule has 0 unspecified atom stereocenters. The second kappa shape index (κ2) is 10.3. The van der Waals surface area contributed by atoms with Gasteiger partial charge in [-0.2, -0.15) is 0 Å². The van der Waals surface area contributed by atoms with Crippen molar-refractivity contribution in [2.24, 2.45) is 0 Å². The molecule has 1 saturated heterocycles. The molecule has 0 bridgehead atoms. The van der Waals surface area contributed by atoms with Crippen molar-refractivity contribution in [2.45, 2.75) is 26.2 Å². The highest BCUT2D eigenvalue weighted by molar-refractivity contribution is 9.10. The van der Waals surface area contributed by atoms with Gasteiger partial charge in [-0.25, -0.2) is 13.4 Å². The van der Waals surface area contributed by atoms with Crippen molar-refractivity contribution in [3.05, 3.63) is 52.6 Å². The van der Waals surface area contributed by atoms with Crippen molar-refractivity contribution in [1.82, 2.24) is 9.88 Å². The van der Waals surface area contributed by atoms with Crippen LogP contribution in [0.5, 0.6) is 0 Å². The lowest BCUT2D eigenvalue weighted by Crippen LogP contribution is -2.49. The minimum atomic E-state index is -3.34. The third-order valence-corrected chi connectivity index (χ3v) is 7.10. The SMILES string of the molecule is CCCCCS(=O)(=O)Nc1ccc(N2CCN(C(=O)c3ccccc3Br)CC2)nc1. The molecule has 30 heavy (non-hydrogen) atoms. The number of piperazine rings is 1. The number of nitrogens with zero attached hydrogens (tertiary/aromatic N) is 3. The average molecular weight is 495 g/mol. The van der Waals surface area contributed by atoms with Crippen LogP contribution < -0.4 is 9.62 Å². The molecule has 1 aromatic carbocycles. The highest BCUT2D eigenvalue weighted by Gasteiger charge is 2.24. The number of benzene rings is 1. The van der Waals surface area contributed by atoms with E-state index in [1.54, 1.807) is 12.3 Å². The van der Waals surface area contributed by atoms with Gasteiger partial charge in [0.05, 0.1) is 23.2 Å². The first-order valence-electron chi connectivity index (χ1n) is 10.1. The number of anilines is 2. The van der Waals surface area contributed by atoms with Crippen LogP contribution in [0.1, 0.15) is 36.5 Å². The second-order valence-electron chi connectivity index (χ2n) is 7.29. The molecule has 9 heteroatoms. The van der Waals surface area contributed by atoms with Crippen LogP contribution in [0.2, 0.25) is 0 Å². The standard InChI is InChI=1S/C21H27BrN4O3S/c1-2-3-6-15-30(28,29)24-17-9-10-20(23-16-17)25-11-13-26(14-12-25)21(27)18-7-4-5-8-19(18)22/h4-5,7-10,16,24H,2-3,6,11-15H2,1H3. The first-order chi connectivity index (χ1) is 14.4. The van der Waals surface area contributed by atoms with Gasteiger partial charge in [0.15, 0.2) is 0 Å². The van der Waals surface area contributed by atoms with Gasteiger partial charge >= 0.3 is 0 Å². The molecule has 0 aliphatic carbocycles. The van der Waals surface area contributed by atoms with Crippen molar-refractivity contribution in [3.8, 4) is 0 Å². The number of hydrogen-bond acceptors (Lipinski definition) is 5. The molecule has 0 spiro atoms. The molecule has 162 valence electrons. The predicted molar refractivity (Wildman–Crippen MR) is 123 cm³/mol. The summed E-state index contributed by atoms with van der Waals surface area (Å²) in [6.45, 7) is 4.59. The third kappa shape index (κ3) is 5.95. The Hall–Kier alpha value is -2.13. The van der Waals surface area contributed by atoms with E-state index in [1.807, 2.05) is 42.2 Å². The fourth-order valence-electron chi connectivity index (χ4n) is 3.35. The van der Waals surface area contributed by atoms with E-state index in [-0.39, 0.29) is 11.7 Å². The number of aromatic nitrogens is 1. The van der Waals surface area contributed by atoms with E-state index in [0.717, 1.165) is 23.1 Å². The molecular formula is C21H27BrN4O3S. The maximum atomic E-state index is 12.7. The van der Waals surface area contributed by atoms with E-state index in [4.69, 9.17) is 0 Å². The predicted octanol–water partition coefficient (Wildman–Crippen LogP) is 3.74. The monoisotopic (exact) mass is 494 g/mol. The molecule has 0 atom stereocenters. The van der Waals surface area contributed by atoms with Crippen molar-refractivity contribution in [3.63, 3.8) is 0 Å². The number of amides is 1. The molecule has 7 nitrogen and oxygen atoms in total. The number of halogens is 1. The van der Waals surface area contributed by atoms with E-state index in [9.17, 15) is 13.2 Å². The van der Waals surface area contributed by atoms with Crippen LogP contribution in [0.3, 0.4) is 0 Å². The Balaban J connectivity index is 1.55. The van der Waals surface area contributed by atoms with Gasteiger partial charge in [-0.05, 0) is 46.6 Å². The largest absolute Gasteiger partial charge is 0.353 e. The van der Waals surface area contributed by atoms with Gasteiger partial charge in [0.25, 0.3) is 5.91 Å². The van der Waals surface area contributed by atoms with Gasteiger partial charge in [0, 0.05) is 30.7 Å². The number of hydrogen-bond donors (Lipinski definition) is 1. The summed E-state index contributed by atoms with van der Waals surface area (Å²) in [4.78, 5) is 21.1. The first-order valence-corrected chi connectivity index (χ1v) is 12.6. The summed E-state index contributed by atoms with van der Waals surface area (Å²) in [5, 5.41) is 0. The maximum Gasteiger partial charge on any atom is 0.255 e. The number of unbranched alkanes of at least 4 members (excludes halogenated alkanes) is 2. The number of carbonyl (C=O) groups is 1. The molecule has 1 aromatic heterocycles. The van der Waals surface area contributed by atoms with Gasteiger partial charge in [-0.1, -0.05) is 31.9 Å². The van der Waals surface area contributed by atoms with Crippen molar-refractivity contribution < 1.29 is 13.2 Å². The molecule has 1 fully saturated rings. The summed E-state index contributed by atoms with van der Waals surface area (Å²) in [5.74, 6) is 0.913. The highest BCUT2D eigenvalue weighted by Crippen LogP contribution is 2.21. The van der Waals surface area contributed by atoms with E-state index in [0.29, 0.717) is 43.9 Å². The van der Waals surface area contributed by atoms with Crippen molar-refractivity contribution in [2.75, 3.05) is 41.6 Å². The van der Waals surface area contributed by atoms with Gasteiger partial charge in [0.1, 0.15) is 5.82 Å². The first kappa shape index (κ1) is 22.6. The van der Waals surface area contributed by atoms with Crippen LogP contribution in [0.4, 0.5) is 11.5 Å². The topological polar surface area (TPSA) is 82.6 Å². The average Bonchev–Trinajstić information content (AvgIpc) is 2.74. The minimum Gasteiger partial charge on any atom is -0.353 e. The zero-order valence-electron chi connectivity index (χ0n) is 17.1. The van der Waals surface area contributed by atoms with Crippen LogP contribution in [-0.2, 0) is 10.0 Å². The van der Waals surface area contributed by atoms with E-state index >= 15 is 0 Å². The normalized spacial score (nSPS) is 14.6. The summed E-state index contributed by atoms with van der Waals surface area (Å²) in [6, 6.07) is 11.0. The molecule has 1 amide bonds. The van der Waals surface area contributed by atoms with Gasteiger partial charge in [-0.15, -0.1) is 0 Å². The number of pyridine rings is 1. The van der Waals surface area contributed by atoms with Gasteiger partial charge in [0.2, 0.25) is 10.0 Å². The lowest BCUT2D eigenvalue weighted by Gasteiger charge is -2.35. The summed E-state index contributed by atoms with van der Waals surface area (Å²) in [5.41, 5.74) is 1.14. The number of sulfonamides is 1. The highest BCUT2D eigenvalue weighted by atomic mass is 79.9. The lowest BCUT2D eigenvalue weighted by molar-refractivity contribution is 0.0745. The Morgan fingerprint density at radius 3 is 2.47 bits per heavy atom. The smallest absolute Gasteiger partial charge is 0.255 e. The molecule has 0 radical (unpaired) electrons. The van der Waals surface area contributed by atoms with Gasteiger partial charge in [-0.3, -0.25) is 9.52 Å². The van der Waals surface area contributed by atoms with Crippen molar-refractivity contribution >= 4 is 43.4 Å². The zero-order valence-corrected chi connectivity index (χ0v) is 19.5. The molecule has 1 aliphatic heterocycles. The van der Waals surface area contributed by atoms with Crippen LogP contribution >= 0.6 is 15.9 Å². The van der Waals surface area contributed by atoms with E-state index < -0.39 is 10.0 Å². The summed E-state index contributed by atoms with van der Waals surface area (Å²) >= 11 is 3.44. The molecule has 0 saturated carbocycles. The van der Waals surface area contributed by atoms with Crippen LogP contribution in [-0.4, -0.2) is 56.1 Å². The molecule has 2 heterocycles. The number of rotatable bonds is 8. The lowest BCUT2D eigenvalue weighted by atomic mass is 10.2. The Morgan fingerprint density at radius 1 is 1.10 bits per heavy atom. The summed E-state index contributed by atoms with van der Waals surface area (Å²) in [6.07, 6.45) is 4.08. The fourth-order valence-corrected chi connectivity index (χ4v) is 4.97. The Bertz CT molecular complexity index is 958. The summed E-state index contributed by atoms with van der Waals surface area (Å²) in [7, 11) is -3.34. The summed E-state index contributed by atoms with van der Waals surface area (Å²) < 4.78 is 27.6. The molecular weight excluding hydrogens is 468 g/mol. The zero-order chi connectivity index (χ0) is 21.6. The Kier molecular flexibility index (Phi) is 7.71. The molecule has 1 N–H and O–H groups in total. The van der Waals surface area contributed by atoms with Crippen LogP contribution in [0.25, 0.3) is 0 Å². The second-order valence-corrected chi connectivity index (χ2v) is 9.99. The Labute approximate surface area is 186 Å². The molecule has 3 rings (SSSR count). The van der Waals surface area contributed by atoms with E-state index in [1.165, 1.54) is 0 Å². The van der Waals surface area contributed by atoms with Crippen LogP contribution in [0, 0.1) is 0 Å². The van der Waals surface area contributed by atoms with Crippen molar-refractivity contribution in [1.29, 1.82) is 0 Å². The molecule has 1 aliphatic rings. The third-order valence-electron chi connectivity index (χ3n) is 5.03.